The molecule has 2 atom stereocenters. The van der Waals surface area contributed by atoms with Crippen molar-refractivity contribution in [1.82, 2.24) is 0 Å². The molecule has 0 fully saturated rings. The van der Waals surface area contributed by atoms with Gasteiger partial charge in [-0.3, -0.25) is 0 Å². The molecular weight excluding hydrogens is 633 g/mol. The first-order chi connectivity index (χ1) is 25.7. The Bertz CT molecular complexity index is 2490. The number of unbranched alkanes of at least 4 members (excludes halogenated alkanes) is 2. The molecule has 0 saturated carbocycles. The first-order valence-electron chi connectivity index (χ1n) is 20.1. The van der Waals surface area contributed by atoms with Crippen LogP contribution in [0.25, 0.3) is 86.2 Å². The predicted molar refractivity (Wildman–Crippen MR) is 226 cm³/mol. The fourth-order valence-electron chi connectivity index (χ4n) is 9.35. The summed E-state index contributed by atoms with van der Waals surface area (Å²) in [6, 6.07) is 36.7. The van der Waals surface area contributed by atoms with E-state index in [9.17, 15) is 0 Å². The number of rotatable bonds is 14. The third-order valence-corrected chi connectivity index (χ3v) is 12.3. The SMILES string of the molecule is CCCCC(CC)COc1c2ccccc2c2ccc3c4ccc5c(OCC(CC)CCCC)c6ccccc6c6ccc(c7ccc1c2c73)c4c56. The lowest BCUT2D eigenvalue weighted by molar-refractivity contribution is 0.238. The van der Waals surface area contributed by atoms with E-state index in [-0.39, 0.29) is 0 Å². The van der Waals surface area contributed by atoms with E-state index in [1.807, 2.05) is 0 Å². The van der Waals surface area contributed by atoms with Crippen molar-refractivity contribution < 1.29 is 9.47 Å². The lowest BCUT2D eigenvalue weighted by Gasteiger charge is -2.23. The van der Waals surface area contributed by atoms with Crippen LogP contribution in [0.3, 0.4) is 0 Å². The molecule has 0 spiro atoms. The molecule has 262 valence electrons. The molecule has 0 aliphatic carbocycles. The average Bonchev–Trinajstić information content (AvgIpc) is 3.20. The number of fused-ring (bicyclic) bond motifs is 6. The van der Waals surface area contributed by atoms with Crippen LogP contribution in [0, 0.1) is 11.8 Å². The zero-order chi connectivity index (χ0) is 35.3. The van der Waals surface area contributed by atoms with Crippen LogP contribution < -0.4 is 9.47 Å². The maximum absolute atomic E-state index is 6.93. The van der Waals surface area contributed by atoms with Gasteiger partial charge in [-0.25, -0.2) is 0 Å². The maximum atomic E-state index is 6.93. The monoisotopic (exact) mass is 682 g/mol. The predicted octanol–water partition coefficient (Wildman–Crippen LogP) is 15.0. The zero-order valence-corrected chi connectivity index (χ0v) is 31.3. The average molecular weight is 683 g/mol. The van der Waals surface area contributed by atoms with Gasteiger partial charge in [-0.05, 0) is 90.7 Å². The Kier molecular flexibility index (Phi) is 8.66. The van der Waals surface area contributed by atoms with Gasteiger partial charge in [0.2, 0.25) is 0 Å². The summed E-state index contributed by atoms with van der Waals surface area (Å²) in [7, 11) is 0. The molecule has 0 radical (unpaired) electrons. The topological polar surface area (TPSA) is 18.5 Å². The molecule has 9 rings (SSSR count). The highest BCUT2D eigenvalue weighted by Gasteiger charge is 2.24. The van der Waals surface area contributed by atoms with Gasteiger partial charge in [-0.2, -0.15) is 0 Å². The standard InChI is InChI=1S/C50H50O2/c1-5-9-15-31(7-3)29-51-49-41-19-13-11-17-33(41)35-21-23-37-40-26-28-44-48-36(22-24-38(46(40)48)39-25-27-43(49)47(35)45(37)39)34-18-12-14-20-42(34)50(44)52-30-32(8-4)16-10-6-2/h11-14,17-28,31-32H,5-10,15-16,29-30H2,1-4H3. The van der Waals surface area contributed by atoms with Crippen LogP contribution in [0.2, 0.25) is 0 Å². The molecule has 0 bridgehead atoms. The Balaban J connectivity index is 1.31. The first kappa shape index (κ1) is 33.0. The van der Waals surface area contributed by atoms with E-state index in [0.717, 1.165) is 37.6 Å². The van der Waals surface area contributed by atoms with Gasteiger partial charge in [0.05, 0.1) is 13.2 Å². The van der Waals surface area contributed by atoms with Gasteiger partial charge in [-0.1, -0.05) is 151 Å². The fourth-order valence-corrected chi connectivity index (χ4v) is 9.35. The van der Waals surface area contributed by atoms with E-state index in [1.165, 1.54) is 125 Å². The summed E-state index contributed by atoms with van der Waals surface area (Å²) >= 11 is 0. The van der Waals surface area contributed by atoms with Gasteiger partial charge in [0.15, 0.2) is 0 Å². The minimum atomic E-state index is 0.562. The van der Waals surface area contributed by atoms with Gasteiger partial charge >= 0.3 is 0 Å². The smallest absolute Gasteiger partial charge is 0.135 e. The Labute approximate surface area is 307 Å². The highest BCUT2D eigenvalue weighted by Crippen LogP contribution is 2.51. The first-order valence-corrected chi connectivity index (χ1v) is 20.1. The minimum Gasteiger partial charge on any atom is -0.492 e. The molecule has 52 heavy (non-hydrogen) atoms. The summed E-state index contributed by atoms with van der Waals surface area (Å²) in [5.74, 6) is 3.20. The van der Waals surface area contributed by atoms with Crippen LogP contribution in [0.5, 0.6) is 11.5 Å². The third kappa shape index (κ3) is 5.12. The number of hydrogen-bond donors (Lipinski definition) is 0. The largest absolute Gasteiger partial charge is 0.492 e. The van der Waals surface area contributed by atoms with Gasteiger partial charge in [0.25, 0.3) is 0 Å². The molecule has 2 unspecified atom stereocenters. The lowest BCUT2D eigenvalue weighted by Crippen LogP contribution is -2.12. The van der Waals surface area contributed by atoms with E-state index in [1.54, 1.807) is 0 Å². The number of hydrogen-bond acceptors (Lipinski definition) is 2. The Morgan fingerprint density at radius 3 is 1.02 bits per heavy atom. The lowest BCUT2D eigenvalue weighted by atomic mass is 9.83. The van der Waals surface area contributed by atoms with Crippen molar-refractivity contribution in [3.05, 3.63) is 97.1 Å². The van der Waals surface area contributed by atoms with Crippen LogP contribution in [0.15, 0.2) is 97.1 Å². The maximum Gasteiger partial charge on any atom is 0.135 e. The van der Waals surface area contributed by atoms with Crippen molar-refractivity contribution in [3.63, 3.8) is 0 Å². The van der Waals surface area contributed by atoms with Crippen LogP contribution in [0.4, 0.5) is 0 Å². The number of benzene rings is 9. The molecule has 0 aliphatic rings. The zero-order valence-electron chi connectivity index (χ0n) is 31.3. The summed E-state index contributed by atoms with van der Waals surface area (Å²) in [4.78, 5) is 0. The summed E-state index contributed by atoms with van der Waals surface area (Å²) in [5, 5.41) is 20.6. The van der Waals surface area contributed by atoms with Crippen molar-refractivity contribution in [1.29, 1.82) is 0 Å². The highest BCUT2D eigenvalue weighted by atomic mass is 16.5. The van der Waals surface area contributed by atoms with Gasteiger partial charge < -0.3 is 9.47 Å². The normalized spacial score (nSPS) is 13.6. The molecule has 9 aromatic carbocycles. The van der Waals surface area contributed by atoms with E-state index in [2.05, 4.69) is 125 Å². The fraction of sp³-hybridized carbons (Fsp3) is 0.320. The van der Waals surface area contributed by atoms with Crippen molar-refractivity contribution in [2.24, 2.45) is 11.8 Å². The van der Waals surface area contributed by atoms with Gasteiger partial charge in [-0.15, -0.1) is 0 Å². The Morgan fingerprint density at radius 1 is 0.365 bits per heavy atom. The molecule has 0 saturated heterocycles. The third-order valence-electron chi connectivity index (χ3n) is 12.3. The molecule has 0 N–H and O–H groups in total. The summed E-state index contributed by atoms with van der Waals surface area (Å²) in [6.45, 7) is 10.7. The van der Waals surface area contributed by atoms with Crippen molar-refractivity contribution >= 4 is 86.2 Å². The van der Waals surface area contributed by atoms with Crippen LogP contribution in [0.1, 0.15) is 79.1 Å². The minimum absolute atomic E-state index is 0.562. The second-order valence-corrected chi connectivity index (χ2v) is 15.3. The van der Waals surface area contributed by atoms with Crippen LogP contribution in [-0.2, 0) is 0 Å². The number of ether oxygens (including phenoxy) is 2. The van der Waals surface area contributed by atoms with E-state index < -0.39 is 0 Å². The second kappa shape index (κ2) is 13.6. The van der Waals surface area contributed by atoms with Crippen molar-refractivity contribution in [2.45, 2.75) is 79.1 Å². The summed E-state index contributed by atoms with van der Waals surface area (Å²) in [6.07, 6.45) is 9.67. The van der Waals surface area contributed by atoms with Crippen LogP contribution >= 0.6 is 0 Å². The molecule has 0 aromatic heterocycles. The van der Waals surface area contributed by atoms with Crippen molar-refractivity contribution in [2.75, 3.05) is 13.2 Å². The second-order valence-electron chi connectivity index (χ2n) is 15.3. The Hall–Kier alpha value is -4.82. The van der Waals surface area contributed by atoms with E-state index >= 15 is 0 Å². The quantitative estimate of drug-likeness (QED) is 0.0839. The molecular formula is C50H50O2. The van der Waals surface area contributed by atoms with Crippen LogP contribution in [-0.4, -0.2) is 13.2 Å². The highest BCUT2D eigenvalue weighted by molar-refractivity contribution is 6.43. The van der Waals surface area contributed by atoms with E-state index in [4.69, 9.17) is 9.47 Å². The molecule has 0 aliphatic heterocycles. The van der Waals surface area contributed by atoms with Gasteiger partial charge in [0.1, 0.15) is 11.5 Å². The molecule has 2 heteroatoms. The van der Waals surface area contributed by atoms with Crippen molar-refractivity contribution in [3.8, 4) is 11.5 Å². The molecule has 9 aromatic rings. The summed E-state index contributed by atoms with van der Waals surface area (Å²) in [5.41, 5.74) is 0. The van der Waals surface area contributed by atoms with E-state index in [0.29, 0.717) is 11.8 Å². The molecule has 0 amide bonds. The molecule has 2 nitrogen and oxygen atoms in total. The Morgan fingerprint density at radius 2 is 0.673 bits per heavy atom. The molecule has 0 heterocycles. The van der Waals surface area contributed by atoms with Gasteiger partial charge in [0, 0.05) is 32.3 Å². The summed E-state index contributed by atoms with van der Waals surface area (Å²) < 4.78 is 13.9.